The van der Waals surface area contributed by atoms with Crippen LogP contribution in [0.5, 0.6) is 5.75 Å². The number of hydrogen-bond donors (Lipinski definition) is 5. The minimum absolute atomic E-state index is 0.0294. The number of nitrogens with two attached hydrogens (primary N) is 2. The number of rotatable bonds is 11. The number of aliphatic hydroxyl groups excluding tert-OH is 1. The summed E-state index contributed by atoms with van der Waals surface area (Å²) in [6.45, 7) is 2.75. The Hall–Kier alpha value is -2.77. The standard InChI is InChI=1S/C24H37N7O4S/c1-16-11-19(13-22(28-16)24(32)27-14-18-5-4-6-21(12-18)35-2)23(25)29-31(26)15-17-7-9-20(10-8-17)30-36(3,33)34/h4-6,11-13,17,20,24,27,30,32H,7-10,14-15,26H2,1-3H3,(H2,25,29). The van der Waals surface area contributed by atoms with Crippen LogP contribution in [0.4, 0.5) is 0 Å². The number of pyridine rings is 1. The first-order valence-electron chi connectivity index (χ1n) is 11.9. The fraction of sp³-hybridized carbons (Fsp3) is 0.500. The number of amidine groups is 1. The summed E-state index contributed by atoms with van der Waals surface area (Å²) in [6.07, 6.45) is 3.39. The molecular formula is C24H37N7O4S. The predicted molar refractivity (Wildman–Crippen MR) is 139 cm³/mol. The molecule has 1 unspecified atom stereocenters. The molecule has 1 aromatic heterocycles. The van der Waals surface area contributed by atoms with Crippen LogP contribution in [0.25, 0.3) is 0 Å². The third kappa shape index (κ3) is 8.71. The van der Waals surface area contributed by atoms with Crippen LogP contribution in [0.2, 0.25) is 0 Å². The fourth-order valence-corrected chi connectivity index (χ4v) is 5.19. The van der Waals surface area contributed by atoms with Crippen molar-refractivity contribution in [3.8, 4) is 5.75 Å². The molecule has 0 spiro atoms. The Morgan fingerprint density at radius 2 is 2.00 bits per heavy atom. The highest BCUT2D eigenvalue weighted by Gasteiger charge is 2.24. The van der Waals surface area contributed by atoms with Gasteiger partial charge in [0.2, 0.25) is 10.0 Å². The van der Waals surface area contributed by atoms with E-state index in [1.165, 1.54) is 11.4 Å². The van der Waals surface area contributed by atoms with Gasteiger partial charge in [-0.1, -0.05) is 12.1 Å². The first kappa shape index (κ1) is 27.8. The number of benzene rings is 1. The Labute approximate surface area is 212 Å². The molecule has 1 atom stereocenters. The zero-order valence-corrected chi connectivity index (χ0v) is 21.8. The second kappa shape index (κ2) is 12.5. The van der Waals surface area contributed by atoms with E-state index in [0.29, 0.717) is 36.0 Å². The fourth-order valence-electron chi connectivity index (χ4n) is 4.35. The Morgan fingerprint density at radius 1 is 1.28 bits per heavy atom. The first-order chi connectivity index (χ1) is 17.0. The molecule has 1 fully saturated rings. The minimum atomic E-state index is -3.20. The molecule has 1 heterocycles. The molecule has 12 heteroatoms. The van der Waals surface area contributed by atoms with Gasteiger partial charge in [0, 0.05) is 23.8 Å². The van der Waals surface area contributed by atoms with E-state index < -0.39 is 16.3 Å². The monoisotopic (exact) mass is 519 g/mol. The average molecular weight is 520 g/mol. The van der Waals surface area contributed by atoms with Gasteiger partial charge in [-0.15, -0.1) is 5.10 Å². The van der Waals surface area contributed by atoms with Gasteiger partial charge in [0.05, 0.1) is 25.6 Å². The second-order valence-electron chi connectivity index (χ2n) is 9.27. The summed E-state index contributed by atoms with van der Waals surface area (Å²) in [5.74, 6) is 7.37. The van der Waals surface area contributed by atoms with Gasteiger partial charge in [-0.05, 0) is 68.4 Å². The van der Waals surface area contributed by atoms with Crippen LogP contribution >= 0.6 is 0 Å². The van der Waals surface area contributed by atoms with Crippen LogP contribution in [0.1, 0.15) is 54.4 Å². The van der Waals surface area contributed by atoms with Crippen LogP contribution in [-0.4, -0.2) is 55.4 Å². The second-order valence-corrected chi connectivity index (χ2v) is 11.1. The van der Waals surface area contributed by atoms with Crippen LogP contribution in [-0.2, 0) is 16.6 Å². The van der Waals surface area contributed by atoms with Gasteiger partial charge in [0.1, 0.15) is 12.0 Å². The van der Waals surface area contributed by atoms with Crippen molar-refractivity contribution in [1.29, 1.82) is 0 Å². The van der Waals surface area contributed by atoms with Crippen LogP contribution < -0.4 is 26.4 Å². The number of hydrazone groups is 1. The van der Waals surface area contributed by atoms with Crippen molar-refractivity contribution in [3.63, 3.8) is 0 Å². The molecule has 1 aromatic carbocycles. The summed E-state index contributed by atoms with van der Waals surface area (Å²) in [6, 6.07) is 11.0. The van der Waals surface area contributed by atoms with Crippen molar-refractivity contribution in [1.82, 2.24) is 20.1 Å². The lowest BCUT2D eigenvalue weighted by atomic mass is 9.86. The normalized spacial score (nSPS) is 19.6. The topological polar surface area (TPSA) is 168 Å². The molecule has 3 rings (SSSR count). The summed E-state index contributed by atoms with van der Waals surface area (Å²) >= 11 is 0. The number of aromatic nitrogens is 1. The number of aryl methyl sites for hydroxylation is 1. The number of hydrogen-bond acceptors (Lipinski definition) is 9. The summed E-state index contributed by atoms with van der Waals surface area (Å²) in [5, 5.41) is 19.4. The van der Waals surface area contributed by atoms with E-state index in [9.17, 15) is 13.5 Å². The van der Waals surface area contributed by atoms with Crippen molar-refractivity contribution in [3.05, 3.63) is 58.9 Å². The van der Waals surface area contributed by atoms with Crippen LogP contribution in [0, 0.1) is 12.8 Å². The number of methoxy groups -OCH3 is 1. The molecule has 0 aliphatic heterocycles. The molecule has 7 N–H and O–H groups in total. The number of ether oxygens (including phenoxy) is 1. The number of hydrazine groups is 1. The van der Waals surface area contributed by atoms with Crippen molar-refractivity contribution in [2.45, 2.75) is 51.4 Å². The van der Waals surface area contributed by atoms with E-state index >= 15 is 0 Å². The molecule has 1 aliphatic carbocycles. The molecule has 2 aromatic rings. The predicted octanol–water partition coefficient (Wildman–Crippen LogP) is 1.08. The highest BCUT2D eigenvalue weighted by Crippen LogP contribution is 2.25. The van der Waals surface area contributed by atoms with E-state index in [1.54, 1.807) is 19.2 Å². The maximum atomic E-state index is 11.4. The smallest absolute Gasteiger partial charge is 0.208 e. The molecule has 198 valence electrons. The molecule has 0 amide bonds. The zero-order valence-electron chi connectivity index (χ0n) is 21.0. The van der Waals surface area contributed by atoms with E-state index in [0.717, 1.165) is 37.0 Å². The van der Waals surface area contributed by atoms with Gasteiger partial charge in [0.25, 0.3) is 0 Å². The molecule has 1 aliphatic rings. The van der Waals surface area contributed by atoms with Crippen molar-refractivity contribution in [2.75, 3.05) is 19.9 Å². The van der Waals surface area contributed by atoms with Crippen LogP contribution in [0.15, 0.2) is 41.5 Å². The van der Waals surface area contributed by atoms with Gasteiger partial charge >= 0.3 is 0 Å². The summed E-state index contributed by atoms with van der Waals surface area (Å²) in [4.78, 5) is 4.43. The maximum absolute atomic E-state index is 11.4. The SMILES string of the molecule is COc1cccc(CNC(O)c2cc(/C(N)=N/N(N)CC3CCC(NS(C)(=O)=O)CC3)cc(C)n2)c1. The molecule has 36 heavy (non-hydrogen) atoms. The first-order valence-corrected chi connectivity index (χ1v) is 13.8. The van der Waals surface area contributed by atoms with E-state index in [4.69, 9.17) is 16.3 Å². The quantitative estimate of drug-likeness (QED) is 0.0959. The lowest BCUT2D eigenvalue weighted by molar-refractivity contribution is 0.132. The minimum Gasteiger partial charge on any atom is -0.497 e. The molecular weight excluding hydrogens is 482 g/mol. The zero-order chi connectivity index (χ0) is 26.3. The summed E-state index contributed by atoms with van der Waals surface area (Å²) in [5.41, 5.74) is 8.91. The average Bonchev–Trinajstić information content (AvgIpc) is 2.82. The highest BCUT2D eigenvalue weighted by molar-refractivity contribution is 7.88. The lowest BCUT2D eigenvalue weighted by Gasteiger charge is -2.30. The maximum Gasteiger partial charge on any atom is 0.208 e. The third-order valence-electron chi connectivity index (χ3n) is 6.09. The van der Waals surface area contributed by atoms with E-state index in [1.807, 2.05) is 31.2 Å². The van der Waals surface area contributed by atoms with Crippen molar-refractivity contribution < 1.29 is 18.3 Å². The van der Waals surface area contributed by atoms with E-state index in [2.05, 4.69) is 20.1 Å². The largest absolute Gasteiger partial charge is 0.497 e. The van der Waals surface area contributed by atoms with Gasteiger partial charge in [-0.2, -0.15) is 0 Å². The van der Waals surface area contributed by atoms with E-state index in [-0.39, 0.29) is 11.9 Å². The number of nitrogens with one attached hydrogen (secondary N) is 2. The molecule has 0 radical (unpaired) electrons. The van der Waals surface area contributed by atoms with Gasteiger partial charge in [-0.3, -0.25) is 10.3 Å². The molecule has 1 saturated carbocycles. The Bertz CT molecular complexity index is 1150. The molecule has 0 bridgehead atoms. The van der Waals surface area contributed by atoms with Crippen molar-refractivity contribution in [2.24, 2.45) is 22.6 Å². The number of nitrogens with zero attached hydrogens (tertiary/aromatic N) is 3. The number of sulfonamides is 1. The summed E-state index contributed by atoms with van der Waals surface area (Å²) in [7, 11) is -1.59. The van der Waals surface area contributed by atoms with Crippen LogP contribution in [0.3, 0.4) is 0 Å². The van der Waals surface area contributed by atoms with Gasteiger partial charge in [-0.25, -0.2) is 24.1 Å². The number of aliphatic hydroxyl groups is 1. The van der Waals surface area contributed by atoms with Gasteiger partial charge < -0.3 is 15.6 Å². The van der Waals surface area contributed by atoms with Gasteiger partial charge in [0.15, 0.2) is 5.84 Å². The molecule has 11 nitrogen and oxygen atoms in total. The lowest BCUT2D eigenvalue weighted by Crippen LogP contribution is -2.40. The Balaban J connectivity index is 1.58. The Kier molecular flexibility index (Phi) is 9.63. The molecule has 0 saturated heterocycles. The Morgan fingerprint density at radius 3 is 2.67 bits per heavy atom. The summed E-state index contributed by atoms with van der Waals surface area (Å²) < 4.78 is 30.8. The highest BCUT2D eigenvalue weighted by atomic mass is 32.2. The third-order valence-corrected chi connectivity index (χ3v) is 6.85. The van der Waals surface area contributed by atoms with Crippen molar-refractivity contribution >= 4 is 15.9 Å².